The first-order valence-corrected chi connectivity index (χ1v) is 38.0. The fourth-order valence-electron chi connectivity index (χ4n) is 13.7. The Labute approximate surface area is 495 Å². The van der Waals surface area contributed by atoms with Crippen molar-refractivity contribution in [1.82, 2.24) is 0 Å². The molecule has 0 saturated carbocycles. The molecule has 460 valence electrons. The van der Waals surface area contributed by atoms with E-state index in [4.69, 9.17) is 46.4 Å². The first-order chi connectivity index (χ1) is 38.3. The van der Waals surface area contributed by atoms with Gasteiger partial charge in [-0.15, -0.1) is 0 Å². The monoisotopic (exact) mass is 1190 g/mol. The van der Waals surface area contributed by atoms with Gasteiger partial charge >= 0.3 is 11.9 Å². The number of hydrogen-bond acceptors (Lipinski definition) is 14. The number of methoxy groups -OCH3 is 1. The van der Waals surface area contributed by atoms with Gasteiger partial charge in [-0.1, -0.05) is 149 Å². The Morgan fingerprint density at radius 2 is 1.22 bits per heavy atom. The molecule has 4 heterocycles. The lowest BCUT2D eigenvalue weighted by Gasteiger charge is -2.55. The van der Waals surface area contributed by atoms with Crippen molar-refractivity contribution in [3.8, 4) is 0 Å². The molecule has 0 unspecified atom stereocenters. The average molecular weight is 1190 g/mol. The van der Waals surface area contributed by atoms with Crippen LogP contribution < -0.4 is 10.4 Å². The van der Waals surface area contributed by atoms with Crippen LogP contribution in [0.1, 0.15) is 168 Å². The van der Waals surface area contributed by atoms with Crippen LogP contribution in [0.25, 0.3) is 0 Å². The first kappa shape index (κ1) is 67.9. The van der Waals surface area contributed by atoms with E-state index in [2.05, 4.69) is 137 Å². The summed E-state index contributed by atoms with van der Waals surface area (Å²) < 4.78 is 68.7. The molecule has 0 bridgehead atoms. The molecule has 4 aliphatic heterocycles. The van der Waals surface area contributed by atoms with E-state index in [0.29, 0.717) is 58.0 Å². The Bertz CT molecular complexity index is 2390. The zero-order valence-corrected chi connectivity index (χ0v) is 56.2. The lowest BCUT2D eigenvalue weighted by atomic mass is 9.78. The van der Waals surface area contributed by atoms with Gasteiger partial charge in [0.2, 0.25) is 0 Å². The van der Waals surface area contributed by atoms with Crippen molar-refractivity contribution in [3.63, 3.8) is 0 Å². The molecule has 2 spiro atoms. The maximum atomic E-state index is 15.0. The fraction of sp³-hybridized carbons (Fsp3) is 0.723. The van der Waals surface area contributed by atoms with E-state index in [1.165, 1.54) is 24.2 Å². The standard InChI is InChI=1S/C65H104O14Si3/c1-19-81(20-2,21-3)79-63(15)39-54(76-65(44-63)41-53(72-48(7)67)35-50(74-65)32-33-66)34-45(4)46(5)60(73-49(8)68)47(6)59(69)38-51-36-52(70-16)40-64(75-51)42-55(78-80(17,18)61(9,10)11)37-56(77-64)43-71-82(62(12,13)14,57-28-24-22-25-29-57)58-30-26-23-27-31-58/h22-31,33,46-47,50-56,60H,4,19-21,32,34-44H2,1-3,5-18H3/t46-,47+,50-,51-,52-,53-,54-,55-,56+,60+,63-,64-,65+/m0/s1. The second-order valence-corrected chi connectivity index (χ2v) is 41.2. The normalized spacial score (nSPS) is 29.6. The third kappa shape index (κ3) is 16.4. The Kier molecular flexibility index (Phi) is 22.9. The number of hydrogen-bond donors (Lipinski definition) is 0. The molecule has 6 rings (SSSR count). The van der Waals surface area contributed by atoms with Crippen LogP contribution in [0.3, 0.4) is 0 Å². The second kappa shape index (κ2) is 27.7. The van der Waals surface area contributed by atoms with Gasteiger partial charge in [0, 0.05) is 91.1 Å². The molecule has 4 fully saturated rings. The third-order valence-corrected chi connectivity index (χ3v) is 33.3. The number of ketones is 1. The zero-order valence-electron chi connectivity index (χ0n) is 53.2. The lowest BCUT2D eigenvalue weighted by Crippen LogP contribution is -2.67. The van der Waals surface area contributed by atoms with Crippen molar-refractivity contribution in [3.05, 3.63) is 72.8 Å². The summed E-state index contributed by atoms with van der Waals surface area (Å²) in [5.74, 6) is -4.63. The number of benzene rings is 2. The molecule has 4 saturated heterocycles. The van der Waals surface area contributed by atoms with Gasteiger partial charge in [-0.05, 0) is 65.0 Å². The summed E-state index contributed by atoms with van der Waals surface area (Å²) in [5, 5.41) is 2.06. The lowest BCUT2D eigenvalue weighted by molar-refractivity contribution is -0.347. The molecule has 82 heavy (non-hydrogen) atoms. The summed E-state index contributed by atoms with van der Waals surface area (Å²) in [6.45, 7) is 38.3. The van der Waals surface area contributed by atoms with Crippen molar-refractivity contribution in [2.45, 2.75) is 275 Å². The van der Waals surface area contributed by atoms with E-state index in [1.54, 1.807) is 7.11 Å². The average Bonchev–Trinajstić information content (AvgIpc) is 3.00. The van der Waals surface area contributed by atoms with Gasteiger partial charge in [-0.3, -0.25) is 14.4 Å². The second-order valence-electron chi connectivity index (χ2n) is 27.4. The zero-order chi connectivity index (χ0) is 60.7. The van der Waals surface area contributed by atoms with Crippen molar-refractivity contribution in [2.24, 2.45) is 11.8 Å². The van der Waals surface area contributed by atoms with Crippen molar-refractivity contribution >= 4 is 59.3 Å². The van der Waals surface area contributed by atoms with Crippen molar-refractivity contribution in [2.75, 3.05) is 13.7 Å². The summed E-state index contributed by atoms with van der Waals surface area (Å²) in [7, 11) is -5.77. The fourth-order valence-corrected chi connectivity index (χ4v) is 22.8. The van der Waals surface area contributed by atoms with Crippen LogP contribution in [0.4, 0.5) is 0 Å². The summed E-state index contributed by atoms with van der Waals surface area (Å²) in [5.41, 5.74) is 0.0503. The van der Waals surface area contributed by atoms with Crippen LogP contribution in [0.5, 0.6) is 0 Å². The van der Waals surface area contributed by atoms with Crippen LogP contribution in [0.2, 0.25) is 41.3 Å². The summed E-state index contributed by atoms with van der Waals surface area (Å²) in [6.07, 6.45) is 1.03. The van der Waals surface area contributed by atoms with Gasteiger partial charge < -0.3 is 51.2 Å². The Hall–Kier alpha value is -3.21. The molecule has 2 aromatic carbocycles. The van der Waals surface area contributed by atoms with Crippen LogP contribution in [0.15, 0.2) is 72.8 Å². The number of carbonyl (C=O) groups excluding carboxylic acids is 4. The summed E-state index contributed by atoms with van der Waals surface area (Å²) >= 11 is 0. The highest BCUT2D eigenvalue weighted by molar-refractivity contribution is 6.99. The predicted octanol–water partition coefficient (Wildman–Crippen LogP) is 12.5. The van der Waals surface area contributed by atoms with Crippen LogP contribution >= 0.6 is 0 Å². The molecule has 0 radical (unpaired) electrons. The topological polar surface area (TPSA) is 161 Å². The minimum atomic E-state index is -2.96. The van der Waals surface area contributed by atoms with Gasteiger partial charge in [0.05, 0.1) is 54.7 Å². The first-order valence-electron chi connectivity index (χ1n) is 30.7. The number of rotatable bonds is 25. The van der Waals surface area contributed by atoms with Gasteiger partial charge in [0.25, 0.3) is 8.32 Å². The highest BCUT2D eigenvalue weighted by Crippen LogP contribution is 2.50. The maximum Gasteiger partial charge on any atom is 0.302 e. The third-order valence-electron chi connectivity index (χ3n) is 19.0. The molecule has 13 atom stereocenters. The van der Waals surface area contributed by atoms with E-state index in [1.807, 2.05) is 26.0 Å². The number of aldehydes is 1. The van der Waals surface area contributed by atoms with E-state index in [0.717, 1.165) is 30.0 Å². The highest BCUT2D eigenvalue weighted by Gasteiger charge is 2.57. The molecule has 14 nitrogen and oxygen atoms in total. The molecule has 0 N–H and O–H groups in total. The summed E-state index contributed by atoms with van der Waals surface area (Å²) in [4.78, 5) is 52.4. The smallest absolute Gasteiger partial charge is 0.302 e. The van der Waals surface area contributed by atoms with Crippen LogP contribution in [0, 0.1) is 11.8 Å². The molecule has 0 aliphatic carbocycles. The molecule has 17 heteroatoms. The summed E-state index contributed by atoms with van der Waals surface area (Å²) in [6, 6.07) is 24.1. The van der Waals surface area contributed by atoms with Crippen LogP contribution in [-0.2, 0) is 65.6 Å². The quantitative estimate of drug-likeness (QED) is 0.0400. The number of esters is 2. The molecule has 0 aromatic heterocycles. The molecular formula is C65H104O14Si3. The molecular weight excluding hydrogens is 1090 g/mol. The minimum Gasteiger partial charge on any atom is -0.462 e. The highest BCUT2D eigenvalue weighted by atomic mass is 28.4. The van der Waals surface area contributed by atoms with E-state index in [-0.39, 0.29) is 47.3 Å². The van der Waals surface area contributed by atoms with E-state index in [9.17, 15) is 19.2 Å². The largest absolute Gasteiger partial charge is 0.462 e. The Balaban J connectivity index is 1.26. The maximum absolute atomic E-state index is 15.0. The number of Topliss-reactive ketones (excluding diaryl/α,β-unsaturated/α-hetero) is 1. The minimum absolute atomic E-state index is 0.0325. The number of carbonyl (C=O) groups is 4. The van der Waals surface area contributed by atoms with E-state index >= 15 is 0 Å². The molecule has 4 aliphatic rings. The SMILES string of the molecule is C=C(C[C@H]1C[C@](C)(O[Si](CC)(CC)CC)C[C@@]2(C[C@@H](OC(C)=O)C[C@H](CC=O)O2)O1)[C@H](C)[C@@H](OC(C)=O)[C@H](C)C(=O)C[C@@H]1C[C@H](OC)C[C@]2(C[C@@H](O[Si](C)(C)C(C)(C)C)C[C@H](CO[Si](c3ccccc3)(c3ccccc3)C(C)(C)C)O2)O1. The van der Waals surface area contributed by atoms with Crippen molar-refractivity contribution < 1.29 is 65.6 Å². The Morgan fingerprint density at radius 1 is 0.695 bits per heavy atom. The van der Waals surface area contributed by atoms with Crippen LogP contribution in [-0.4, -0.2) is 129 Å². The predicted molar refractivity (Wildman–Crippen MR) is 329 cm³/mol. The van der Waals surface area contributed by atoms with Gasteiger partial charge in [-0.25, -0.2) is 0 Å². The number of ether oxygens (including phenoxy) is 7. The van der Waals surface area contributed by atoms with Gasteiger partial charge in [-0.2, -0.15) is 0 Å². The van der Waals surface area contributed by atoms with Gasteiger partial charge in [0.15, 0.2) is 28.2 Å². The van der Waals surface area contributed by atoms with Crippen molar-refractivity contribution in [1.29, 1.82) is 0 Å². The van der Waals surface area contributed by atoms with E-state index < -0.39 is 103 Å². The molecule has 2 aromatic rings. The Morgan fingerprint density at radius 3 is 1.74 bits per heavy atom. The molecule has 0 amide bonds. The van der Waals surface area contributed by atoms with Gasteiger partial charge in [0.1, 0.15) is 24.3 Å².